The highest BCUT2D eigenvalue weighted by molar-refractivity contribution is 9.11. The Balaban J connectivity index is 1.37. The summed E-state index contributed by atoms with van der Waals surface area (Å²) in [5.74, 6) is 0.970. The van der Waals surface area contributed by atoms with Crippen molar-refractivity contribution in [3.05, 3.63) is 128 Å². The number of ether oxygens (including phenoxy) is 3. The molecule has 0 aliphatic heterocycles. The molecule has 47 heavy (non-hydrogen) atoms. The normalized spacial score (nSPS) is 11.0. The van der Waals surface area contributed by atoms with Crippen molar-refractivity contribution < 1.29 is 28.6 Å². The Bertz CT molecular complexity index is 1600. The topological polar surface area (TPSA) is 107 Å². The zero-order chi connectivity index (χ0) is 33.3. The number of carbonyl (C=O) groups is 2. The summed E-state index contributed by atoms with van der Waals surface area (Å²) in [6.07, 6.45) is 0.871. The van der Waals surface area contributed by atoms with Crippen LogP contribution in [0.4, 0.5) is 4.79 Å². The molecule has 11 heteroatoms. The van der Waals surface area contributed by atoms with Gasteiger partial charge in [0.25, 0.3) is 5.91 Å². The minimum atomic E-state index is -0.492. The summed E-state index contributed by atoms with van der Waals surface area (Å²) in [5, 5.41) is 9.99. The molecule has 4 aromatic rings. The molecule has 0 aromatic heterocycles. The summed E-state index contributed by atoms with van der Waals surface area (Å²) >= 11 is 7.14. The number of halogens is 2. The first-order chi connectivity index (χ1) is 22.9. The number of rotatable bonds is 17. The molecule has 0 fully saturated rings. The lowest BCUT2D eigenvalue weighted by Crippen LogP contribution is -2.34. The van der Waals surface area contributed by atoms with Crippen LogP contribution in [0, 0.1) is 0 Å². The van der Waals surface area contributed by atoms with E-state index in [0.717, 1.165) is 32.5 Å². The first-order valence-electron chi connectivity index (χ1n) is 15.1. The third-order valence-electron chi connectivity index (χ3n) is 6.86. The Morgan fingerprint density at radius 3 is 2.17 bits per heavy atom. The number of benzene rings is 4. The molecular formula is C36H37Br2N3O6. The van der Waals surface area contributed by atoms with Gasteiger partial charge in [-0.25, -0.2) is 4.79 Å². The first kappa shape index (κ1) is 35.5. The molecule has 9 nitrogen and oxygen atoms in total. The van der Waals surface area contributed by atoms with E-state index in [2.05, 4.69) is 47.6 Å². The van der Waals surface area contributed by atoms with Crippen LogP contribution in [0.25, 0.3) is 0 Å². The Labute approximate surface area is 291 Å². The number of hydrogen-bond donors (Lipinski definition) is 2. The van der Waals surface area contributed by atoms with Gasteiger partial charge in [-0.3, -0.25) is 4.79 Å². The predicted octanol–water partition coefficient (Wildman–Crippen LogP) is 7.39. The van der Waals surface area contributed by atoms with Crippen molar-refractivity contribution in [1.29, 1.82) is 0 Å². The quantitative estimate of drug-likeness (QED) is 0.0660. The van der Waals surface area contributed by atoms with Gasteiger partial charge < -0.3 is 29.7 Å². The largest absolute Gasteiger partial charge is 0.497 e. The van der Waals surface area contributed by atoms with Crippen LogP contribution < -0.4 is 20.1 Å². The number of nitrogens with zero attached hydrogens (tertiary/aromatic N) is 1. The smallest absolute Gasteiger partial charge is 0.407 e. The van der Waals surface area contributed by atoms with Gasteiger partial charge in [-0.05, 0) is 69.7 Å². The van der Waals surface area contributed by atoms with E-state index in [4.69, 9.17) is 19.0 Å². The van der Waals surface area contributed by atoms with Gasteiger partial charge in [-0.2, -0.15) is 0 Å². The number of hydrogen-bond acceptors (Lipinski definition) is 7. The van der Waals surface area contributed by atoms with Crippen molar-refractivity contribution in [3.63, 3.8) is 0 Å². The summed E-state index contributed by atoms with van der Waals surface area (Å²) in [4.78, 5) is 31.2. The lowest BCUT2D eigenvalue weighted by molar-refractivity contribution is -0.115. The molecule has 246 valence electrons. The van der Waals surface area contributed by atoms with Gasteiger partial charge in [0.2, 0.25) is 0 Å². The molecule has 0 heterocycles. The average molecular weight is 768 g/mol. The Hall–Kier alpha value is -4.35. The second-order valence-electron chi connectivity index (χ2n) is 10.4. The van der Waals surface area contributed by atoms with Crippen LogP contribution in [-0.4, -0.2) is 44.5 Å². The third-order valence-corrected chi connectivity index (χ3v) is 7.91. The maximum Gasteiger partial charge on any atom is 0.407 e. The van der Waals surface area contributed by atoms with Crippen LogP contribution >= 0.6 is 31.9 Å². The summed E-state index contributed by atoms with van der Waals surface area (Å²) in [6, 6.07) is 30.6. The van der Waals surface area contributed by atoms with Crippen molar-refractivity contribution in [1.82, 2.24) is 10.6 Å². The Morgan fingerprint density at radius 2 is 1.47 bits per heavy atom. The lowest BCUT2D eigenvalue weighted by Gasteiger charge is -2.15. The molecule has 0 saturated heterocycles. The number of oxime groups is 1. The maximum atomic E-state index is 13.4. The van der Waals surface area contributed by atoms with E-state index in [1.54, 1.807) is 7.11 Å². The second kappa shape index (κ2) is 19.3. The zero-order valence-electron chi connectivity index (χ0n) is 26.0. The molecule has 2 amide bonds. The van der Waals surface area contributed by atoms with Crippen LogP contribution in [0.2, 0.25) is 0 Å². The molecule has 4 aromatic carbocycles. The average Bonchev–Trinajstić information content (AvgIpc) is 3.08. The second-order valence-corrected chi connectivity index (χ2v) is 12.2. The summed E-state index contributed by atoms with van der Waals surface area (Å²) < 4.78 is 18.1. The SMILES string of the molecule is COc1ccc(CO/N=C(\Cc2cc(Br)cc(Br)c2OCCCNC(=O)OCc2ccccc2)C(=O)NCCc2ccccc2)cc1. The van der Waals surface area contributed by atoms with Crippen LogP contribution in [-0.2, 0) is 40.4 Å². The fourth-order valence-corrected chi connectivity index (χ4v) is 5.85. The van der Waals surface area contributed by atoms with Gasteiger partial charge in [-0.1, -0.05) is 93.9 Å². The highest BCUT2D eigenvalue weighted by Crippen LogP contribution is 2.33. The molecule has 0 unspecified atom stereocenters. The number of alkyl carbamates (subject to hydrolysis) is 1. The molecular weight excluding hydrogens is 730 g/mol. The van der Waals surface area contributed by atoms with Crippen LogP contribution in [0.1, 0.15) is 28.7 Å². The Kier molecular flexibility index (Phi) is 14.6. The molecule has 2 N–H and O–H groups in total. The minimum absolute atomic E-state index is 0.150. The number of amides is 2. The molecule has 0 atom stereocenters. The zero-order valence-corrected chi connectivity index (χ0v) is 29.2. The lowest BCUT2D eigenvalue weighted by atomic mass is 10.1. The monoisotopic (exact) mass is 765 g/mol. The summed E-state index contributed by atoms with van der Waals surface area (Å²) in [5.41, 5.74) is 3.84. The molecule has 0 aliphatic carbocycles. The van der Waals surface area contributed by atoms with Crippen molar-refractivity contribution >= 4 is 49.6 Å². The van der Waals surface area contributed by atoms with Crippen LogP contribution in [0.5, 0.6) is 11.5 Å². The van der Waals surface area contributed by atoms with E-state index in [1.807, 2.05) is 97.1 Å². The fourth-order valence-electron chi connectivity index (χ4n) is 4.43. The van der Waals surface area contributed by atoms with Crippen molar-refractivity contribution in [2.75, 3.05) is 26.8 Å². The highest BCUT2D eigenvalue weighted by atomic mass is 79.9. The molecule has 0 aliphatic rings. The molecule has 0 radical (unpaired) electrons. The first-order valence-corrected chi connectivity index (χ1v) is 16.7. The minimum Gasteiger partial charge on any atom is -0.497 e. The molecule has 4 rings (SSSR count). The molecule has 0 saturated carbocycles. The van der Waals surface area contributed by atoms with Crippen molar-refractivity contribution in [3.8, 4) is 11.5 Å². The van der Waals surface area contributed by atoms with E-state index in [9.17, 15) is 9.59 Å². The van der Waals surface area contributed by atoms with Gasteiger partial charge in [0.15, 0.2) is 0 Å². The van der Waals surface area contributed by atoms with E-state index in [0.29, 0.717) is 42.8 Å². The van der Waals surface area contributed by atoms with Gasteiger partial charge in [0.05, 0.1) is 18.2 Å². The molecule has 0 spiro atoms. The van der Waals surface area contributed by atoms with E-state index in [1.165, 1.54) is 0 Å². The standard InChI is InChI=1S/C36H37Br2N3O6/c1-44-31-15-13-28(14-16-31)25-47-41-33(35(42)39-19-17-26-9-4-2-5-10-26)22-29-21-30(37)23-32(38)34(29)45-20-8-18-40-36(43)46-24-27-11-6-3-7-12-27/h2-7,9-16,21,23H,8,17-20,22,24-25H2,1H3,(H,39,42)(H,40,43)/b41-33+. The summed E-state index contributed by atoms with van der Waals surface area (Å²) in [7, 11) is 1.61. The van der Waals surface area contributed by atoms with Gasteiger partial charge in [-0.15, -0.1) is 0 Å². The van der Waals surface area contributed by atoms with Crippen LogP contribution in [0.3, 0.4) is 0 Å². The highest BCUT2D eigenvalue weighted by Gasteiger charge is 2.19. The summed E-state index contributed by atoms with van der Waals surface area (Å²) in [6.45, 7) is 1.50. The Morgan fingerprint density at radius 1 is 0.787 bits per heavy atom. The van der Waals surface area contributed by atoms with Gasteiger partial charge in [0, 0.05) is 29.5 Å². The van der Waals surface area contributed by atoms with E-state index < -0.39 is 6.09 Å². The van der Waals surface area contributed by atoms with Crippen molar-refractivity contribution in [2.45, 2.75) is 32.5 Å². The number of carbonyl (C=O) groups excluding carboxylic acids is 2. The third kappa shape index (κ3) is 12.4. The van der Waals surface area contributed by atoms with Gasteiger partial charge >= 0.3 is 6.09 Å². The fraction of sp³-hybridized carbons (Fsp3) is 0.250. The van der Waals surface area contributed by atoms with E-state index in [-0.39, 0.29) is 31.3 Å². The number of methoxy groups -OCH3 is 1. The van der Waals surface area contributed by atoms with E-state index >= 15 is 0 Å². The van der Waals surface area contributed by atoms with Crippen molar-refractivity contribution in [2.24, 2.45) is 5.16 Å². The predicted molar refractivity (Wildman–Crippen MR) is 189 cm³/mol. The maximum absolute atomic E-state index is 13.4. The van der Waals surface area contributed by atoms with Crippen LogP contribution in [0.15, 0.2) is 111 Å². The number of nitrogens with one attached hydrogen (secondary N) is 2. The van der Waals surface area contributed by atoms with Gasteiger partial charge in [0.1, 0.15) is 30.4 Å². The molecule has 0 bridgehead atoms.